The van der Waals surface area contributed by atoms with E-state index >= 15 is 0 Å². The van der Waals surface area contributed by atoms with Crippen molar-refractivity contribution >= 4 is 23.5 Å². The van der Waals surface area contributed by atoms with Gasteiger partial charge in [0.1, 0.15) is 12.1 Å². The van der Waals surface area contributed by atoms with Crippen LogP contribution >= 0.6 is 0 Å². The lowest BCUT2D eigenvalue weighted by Crippen LogP contribution is -2.51. The average Bonchev–Trinajstić information content (AvgIpc) is 2.93. The van der Waals surface area contributed by atoms with Crippen molar-refractivity contribution in [1.82, 2.24) is 10.2 Å². The van der Waals surface area contributed by atoms with E-state index in [1.807, 2.05) is 50.2 Å². The molecule has 0 saturated carbocycles. The molecule has 1 atom stereocenters. The van der Waals surface area contributed by atoms with Crippen LogP contribution in [0.15, 0.2) is 42.5 Å². The third-order valence-corrected chi connectivity index (χ3v) is 5.98. The summed E-state index contributed by atoms with van der Waals surface area (Å²) in [5, 5.41) is 5.76. The van der Waals surface area contributed by atoms with E-state index < -0.39 is 11.6 Å². The zero-order valence-corrected chi connectivity index (χ0v) is 16.7. The summed E-state index contributed by atoms with van der Waals surface area (Å²) in [6, 6.07) is 13.3. The molecule has 0 bridgehead atoms. The molecule has 6 heteroatoms. The molecule has 2 aromatic rings. The van der Waals surface area contributed by atoms with Crippen molar-refractivity contribution < 1.29 is 14.4 Å². The van der Waals surface area contributed by atoms with Gasteiger partial charge in [0, 0.05) is 12.1 Å². The summed E-state index contributed by atoms with van der Waals surface area (Å²) < 4.78 is 0. The largest absolute Gasteiger partial charge is 0.325 e. The second kappa shape index (κ2) is 7.35. The van der Waals surface area contributed by atoms with Crippen molar-refractivity contribution in [2.75, 3.05) is 11.9 Å². The van der Waals surface area contributed by atoms with Gasteiger partial charge in [-0.05, 0) is 48.4 Å². The molecule has 0 aromatic heterocycles. The van der Waals surface area contributed by atoms with E-state index in [0.717, 1.165) is 40.1 Å². The van der Waals surface area contributed by atoms with Gasteiger partial charge in [0.2, 0.25) is 5.91 Å². The molecule has 1 aliphatic carbocycles. The second-order valence-corrected chi connectivity index (χ2v) is 7.86. The van der Waals surface area contributed by atoms with Crippen LogP contribution in [-0.2, 0) is 28.9 Å². The van der Waals surface area contributed by atoms with Gasteiger partial charge in [-0.1, -0.05) is 49.4 Å². The Balaban J connectivity index is 1.50. The molecule has 4 amide bonds. The fourth-order valence-corrected chi connectivity index (χ4v) is 4.37. The molecule has 1 saturated heterocycles. The molecule has 29 heavy (non-hydrogen) atoms. The smallest absolute Gasteiger partial charge is 0.324 e. The summed E-state index contributed by atoms with van der Waals surface area (Å²) in [5.74, 6) is -0.682. The Morgan fingerprint density at radius 1 is 1.14 bits per heavy atom. The van der Waals surface area contributed by atoms with Crippen LogP contribution in [0.1, 0.15) is 35.6 Å². The fourth-order valence-electron chi connectivity index (χ4n) is 4.37. The number of benzene rings is 2. The number of para-hydroxylation sites is 1. The van der Waals surface area contributed by atoms with E-state index in [4.69, 9.17) is 0 Å². The zero-order chi connectivity index (χ0) is 20.6. The van der Waals surface area contributed by atoms with Gasteiger partial charge >= 0.3 is 6.03 Å². The van der Waals surface area contributed by atoms with Crippen LogP contribution in [-0.4, -0.2) is 34.8 Å². The van der Waals surface area contributed by atoms with Crippen molar-refractivity contribution in [1.29, 1.82) is 0 Å². The molecule has 2 N–H and O–H groups in total. The number of fused-ring (bicyclic) bond motifs is 1. The normalized spacial score (nSPS) is 20.6. The first-order chi connectivity index (χ1) is 13.9. The van der Waals surface area contributed by atoms with Crippen LogP contribution in [0.5, 0.6) is 0 Å². The Labute approximate surface area is 170 Å². The number of aryl methyl sites for hydroxylation is 3. The highest BCUT2D eigenvalue weighted by Gasteiger charge is 2.52. The Kier molecular flexibility index (Phi) is 4.86. The molecular formula is C23H25N3O3. The molecule has 4 rings (SSSR count). The first-order valence-corrected chi connectivity index (χ1v) is 10.0. The highest BCUT2D eigenvalue weighted by Crippen LogP contribution is 2.33. The van der Waals surface area contributed by atoms with Crippen LogP contribution in [0.3, 0.4) is 0 Å². The quantitative estimate of drug-likeness (QED) is 0.787. The van der Waals surface area contributed by atoms with Crippen LogP contribution < -0.4 is 10.6 Å². The number of urea groups is 1. The van der Waals surface area contributed by atoms with Crippen molar-refractivity contribution in [3.05, 3.63) is 64.7 Å². The zero-order valence-electron chi connectivity index (χ0n) is 16.7. The Morgan fingerprint density at radius 3 is 2.66 bits per heavy atom. The average molecular weight is 391 g/mol. The van der Waals surface area contributed by atoms with Gasteiger partial charge in [-0.3, -0.25) is 14.5 Å². The Bertz CT molecular complexity index is 1000. The number of carbonyl (C=O) groups excluding carboxylic acids is 3. The van der Waals surface area contributed by atoms with Crippen LogP contribution in [0.2, 0.25) is 0 Å². The third kappa shape index (κ3) is 3.39. The summed E-state index contributed by atoms with van der Waals surface area (Å²) in [7, 11) is 0. The van der Waals surface area contributed by atoms with E-state index in [1.54, 1.807) is 0 Å². The van der Waals surface area contributed by atoms with Gasteiger partial charge < -0.3 is 10.6 Å². The number of hydrogen-bond donors (Lipinski definition) is 2. The van der Waals surface area contributed by atoms with Crippen LogP contribution in [0.4, 0.5) is 10.5 Å². The van der Waals surface area contributed by atoms with E-state index in [2.05, 4.69) is 16.7 Å². The molecule has 0 radical (unpaired) electrons. The van der Waals surface area contributed by atoms with E-state index in [1.165, 1.54) is 5.56 Å². The lowest BCUT2D eigenvalue weighted by molar-refractivity contribution is -0.134. The molecule has 1 heterocycles. The first-order valence-electron chi connectivity index (χ1n) is 10.0. The van der Waals surface area contributed by atoms with Crippen LogP contribution in [0.25, 0.3) is 0 Å². The molecule has 1 spiro atoms. The minimum atomic E-state index is -0.942. The minimum absolute atomic E-state index is 0.286. The molecule has 1 aliphatic heterocycles. The third-order valence-electron chi connectivity index (χ3n) is 5.98. The molecule has 150 valence electrons. The molecule has 6 nitrogen and oxygen atoms in total. The lowest BCUT2D eigenvalue weighted by Gasteiger charge is -2.32. The molecular weight excluding hydrogens is 366 g/mol. The highest BCUT2D eigenvalue weighted by molar-refractivity contribution is 6.10. The number of amides is 4. The summed E-state index contributed by atoms with van der Waals surface area (Å²) in [6.45, 7) is 3.66. The van der Waals surface area contributed by atoms with Gasteiger partial charge in [0.15, 0.2) is 0 Å². The Morgan fingerprint density at radius 2 is 1.90 bits per heavy atom. The first kappa shape index (κ1) is 19.2. The summed E-state index contributed by atoms with van der Waals surface area (Å²) in [6.07, 6.45) is 2.52. The van der Waals surface area contributed by atoms with Crippen molar-refractivity contribution in [3.8, 4) is 0 Å². The molecule has 2 aliphatic rings. The fraction of sp³-hybridized carbons (Fsp3) is 0.348. The SMILES string of the molecule is CCc1cccc(C)c1NC(=O)CN1C(=O)NC2(CCc3ccccc3C2)C1=O. The lowest BCUT2D eigenvalue weighted by atomic mass is 9.78. The summed E-state index contributed by atoms with van der Waals surface area (Å²) in [5.41, 5.74) is 4.08. The van der Waals surface area contributed by atoms with Crippen molar-refractivity contribution in [2.24, 2.45) is 0 Å². The number of anilines is 1. The predicted molar refractivity (Wildman–Crippen MR) is 111 cm³/mol. The van der Waals surface area contributed by atoms with Gasteiger partial charge in [-0.2, -0.15) is 0 Å². The van der Waals surface area contributed by atoms with Gasteiger partial charge in [0.05, 0.1) is 0 Å². The number of hydrogen-bond acceptors (Lipinski definition) is 3. The number of carbonyl (C=O) groups is 3. The van der Waals surface area contributed by atoms with E-state index in [9.17, 15) is 14.4 Å². The van der Waals surface area contributed by atoms with Crippen molar-refractivity contribution in [3.63, 3.8) is 0 Å². The van der Waals surface area contributed by atoms with E-state index in [-0.39, 0.29) is 18.4 Å². The maximum atomic E-state index is 13.1. The maximum absolute atomic E-state index is 13.1. The summed E-state index contributed by atoms with van der Waals surface area (Å²) >= 11 is 0. The number of nitrogens with one attached hydrogen (secondary N) is 2. The monoisotopic (exact) mass is 391 g/mol. The molecule has 2 aromatic carbocycles. The standard InChI is InChI=1S/C23H25N3O3/c1-3-16-10-6-7-15(2)20(16)24-19(27)14-26-21(28)23(25-22(26)29)12-11-17-8-4-5-9-18(17)13-23/h4-10H,3,11-14H2,1-2H3,(H,24,27)(H,25,29). The maximum Gasteiger partial charge on any atom is 0.325 e. The van der Waals surface area contributed by atoms with Crippen LogP contribution in [0, 0.1) is 6.92 Å². The highest BCUT2D eigenvalue weighted by atomic mass is 16.2. The van der Waals surface area contributed by atoms with Gasteiger partial charge in [-0.25, -0.2) is 4.79 Å². The number of imide groups is 1. The number of nitrogens with zero attached hydrogens (tertiary/aromatic N) is 1. The molecule has 1 unspecified atom stereocenters. The number of rotatable bonds is 4. The topological polar surface area (TPSA) is 78.5 Å². The molecule has 1 fully saturated rings. The van der Waals surface area contributed by atoms with Gasteiger partial charge in [0.25, 0.3) is 5.91 Å². The van der Waals surface area contributed by atoms with E-state index in [0.29, 0.717) is 12.8 Å². The second-order valence-electron chi connectivity index (χ2n) is 7.86. The summed E-state index contributed by atoms with van der Waals surface area (Å²) in [4.78, 5) is 39.4. The predicted octanol–water partition coefficient (Wildman–Crippen LogP) is 2.98. The van der Waals surface area contributed by atoms with Gasteiger partial charge in [-0.15, -0.1) is 0 Å². The minimum Gasteiger partial charge on any atom is -0.324 e. The van der Waals surface area contributed by atoms with Crippen molar-refractivity contribution in [2.45, 2.75) is 45.1 Å². The Hall–Kier alpha value is -3.15.